The Balaban J connectivity index is 2.26. The molecule has 0 aliphatic rings. The van der Waals surface area contributed by atoms with Crippen molar-refractivity contribution < 1.29 is 14.7 Å². The lowest BCUT2D eigenvalue weighted by molar-refractivity contribution is -0.135. The summed E-state index contributed by atoms with van der Waals surface area (Å²) < 4.78 is 0. The van der Waals surface area contributed by atoms with E-state index in [1.807, 2.05) is 18.2 Å². The molecule has 4 heteroatoms. The number of aliphatic carboxylic acids is 1. The van der Waals surface area contributed by atoms with Gasteiger partial charge in [0.2, 0.25) is 0 Å². The minimum Gasteiger partial charge on any atom is -0.480 e. The Morgan fingerprint density at radius 3 is 2.30 bits per heavy atom. The first kappa shape index (κ1) is 13.8. The van der Waals surface area contributed by atoms with E-state index in [1.54, 1.807) is 48.3 Å². The molecule has 4 nitrogen and oxygen atoms in total. The van der Waals surface area contributed by atoms with E-state index in [4.69, 9.17) is 5.11 Å². The van der Waals surface area contributed by atoms with Gasteiger partial charge in [-0.05, 0) is 12.1 Å². The van der Waals surface area contributed by atoms with Gasteiger partial charge in [-0.25, -0.2) is 0 Å². The number of likely N-dealkylation sites (N-methyl/N-ethyl adjacent to an activating group) is 1. The van der Waals surface area contributed by atoms with Crippen molar-refractivity contribution in [2.24, 2.45) is 0 Å². The monoisotopic (exact) mass is 269 g/mol. The molecule has 1 N–H and O–H groups in total. The summed E-state index contributed by atoms with van der Waals surface area (Å²) in [7, 11) is 1.68. The molecule has 2 aromatic carbocycles. The number of carbonyl (C=O) groups excluding carboxylic acids is 1. The minimum absolute atomic E-state index is 0.0730. The van der Waals surface area contributed by atoms with Crippen LogP contribution in [0.4, 0.5) is 5.69 Å². The van der Waals surface area contributed by atoms with Crippen LogP contribution in [-0.2, 0) is 4.79 Å². The summed E-state index contributed by atoms with van der Waals surface area (Å²) in [5.74, 6) is -0.983. The first-order chi connectivity index (χ1) is 9.58. The molecule has 2 aromatic rings. The second-order valence-electron chi connectivity index (χ2n) is 4.50. The van der Waals surface area contributed by atoms with Gasteiger partial charge in [0.05, 0.1) is 0 Å². The predicted molar refractivity (Wildman–Crippen MR) is 77.2 cm³/mol. The Labute approximate surface area is 117 Å². The number of rotatable bonds is 5. The third-order valence-corrected chi connectivity index (χ3v) is 2.96. The van der Waals surface area contributed by atoms with Gasteiger partial charge in [-0.3, -0.25) is 9.59 Å². The zero-order valence-electron chi connectivity index (χ0n) is 11.1. The van der Waals surface area contributed by atoms with Crippen LogP contribution >= 0.6 is 0 Å². The standard InChI is InChI=1S/C16H15NO3/c1-17(11-15(18)19)14-9-5-8-13(10-14)16(20)12-6-3-2-4-7-12/h2-10H,11H2,1H3,(H,18,19). The summed E-state index contributed by atoms with van der Waals surface area (Å²) in [6, 6.07) is 16.0. The van der Waals surface area contributed by atoms with Gasteiger partial charge >= 0.3 is 5.97 Å². The molecule has 102 valence electrons. The molecule has 0 heterocycles. The first-order valence-electron chi connectivity index (χ1n) is 6.20. The van der Waals surface area contributed by atoms with Crippen molar-refractivity contribution in [2.45, 2.75) is 0 Å². The van der Waals surface area contributed by atoms with Gasteiger partial charge in [-0.15, -0.1) is 0 Å². The SMILES string of the molecule is CN(CC(=O)O)c1cccc(C(=O)c2ccccc2)c1. The summed E-state index contributed by atoms with van der Waals surface area (Å²) >= 11 is 0. The Kier molecular flexibility index (Phi) is 4.15. The van der Waals surface area contributed by atoms with E-state index in [-0.39, 0.29) is 12.3 Å². The quantitative estimate of drug-likeness (QED) is 0.847. The summed E-state index contributed by atoms with van der Waals surface area (Å²) in [6.07, 6.45) is 0. The summed E-state index contributed by atoms with van der Waals surface area (Å²) in [6.45, 7) is -0.108. The molecule has 2 rings (SSSR count). The third-order valence-electron chi connectivity index (χ3n) is 2.96. The zero-order chi connectivity index (χ0) is 14.5. The van der Waals surface area contributed by atoms with Crippen LogP contribution in [-0.4, -0.2) is 30.5 Å². The van der Waals surface area contributed by atoms with Crippen LogP contribution < -0.4 is 4.90 Å². The van der Waals surface area contributed by atoms with Gasteiger partial charge in [0.1, 0.15) is 6.54 Å². The van der Waals surface area contributed by atoms with Gasteiger partial charge in [0.25, 0.3) is 0 Å². The first-order valence-corrected chi connectivity index (χ1v) is 6.20. The summed E-state index contributed by atoms with van der Waals surface area (Å²) in [4.78, 5) is 24.6. The van der Waals surface area contributed by atoms with Crippen molar-refractivity contribution in [3.8, 4) is 0 Å². The van der Waals surface area contributed by atoms with Gasteiger partial charge < -0.3 is 10.0 Å². The van der Waals surface area contributed by atoms with Crippen LogP contribution in [0.3, 0.4) is 0 Å². The number of hydrogen-bond donors (Lipinski definition) is 1. The molecule has 0 atom stereocenters. The van der Waals surface area contributed by atoms with E-state index in [1.165, 1.54) is 0 Å². The van der Waals surface area contributed by atoms with Crippen molar-refractivity contribution in [2.75, 3.05) is 18.5 Å². The van der Waals surface area contributed by atoms with Crippen molar-refractivity contribution in [1.29, 1.82) is 0 Å². The van der Waals surface area contributed by atoms with E-state index in [0.29, 0.717) is 16.8 Å². The molecule has 0 aromatic heterocycles. The highest BCUT2D eigenvalue weighted by Crippen LogP contribution is 2.17. The highest BCUT2D eigenvalue weighted by Gasteiger charge is 2.11. The van der Waals surface area contributed by atoms with E-state index in [2.05, 4.69) is 0 Å². The molecule has 0 fully saturated rings. The Hall–Kier alpha value is -2.62. The van der Waals surface area contributed by atoms with Gasteiger partial charge in [-0.2, -0.15) is 0 Å². The Morgan fingerprint density at radius 1 is 1.00 bits per heavy atom. The van der Waals surface area contributed by atoms with Crippen LogP contribution in [0.25, 0.3) is 0 Å². The molecule has 0 spiro atoms. The fourth-order valence-corrected chi connectivity index (χ4v) is 1.93. The highest BCUT2D eigenvalue weighted by atomic mass is 16.4. The summed E-state index contributed by atoms with van der Waals surface area (Å²) in [5.41, 5.74) is 1.87. The van der Waals surface area contributed by atoms with Crippen molar-refractivity contribution >= 4 is 17.4 Å². The number of nitrogens with zero attached hydrogens (tertiary/aromatic N) is 1. The number of ketones is 1. The zero-order valence-corrected chi connectivity index (χ0v) is 11.1. The van der Waals surface area contributed by atoms with Crippen molar-refractivity contribution in [3.05, 3.63) is 65.7 Å². The maximum atomic E-state index is 12.3. The normalized spacial score (nSPS) is 10.1. The average Bonchev–Trinajstić information content (AvgIpc) is 2.47. The number of carboxylic acid groups (broad SMARTS) is 1. The lowest BCUT2D eigenvalue weighted by Gasteiger charge is -2.17. The van der Waals surface area contributed by atoms with Crippen LogP contribution in [0.5, 0.6) is 0 Å². The van der Waals surface area contributed by atoms with Gasteiger partial charge in [0.15, 0.2) is 5.78 Å². The molecular weight excluding hydrogens is 254 g/mol. The van der Waals surface area contributed by atoms with Gasteiger partial charge in [-0.1, -0.05) is 42.5 Å². The minimum atomic E-state index is -0.910. The molecule has 0 amide bonds. The largest absolute Gasteiger partial charge is 0.480 e. The van der Waals surface area contributed by atoms with Crippen LogP contribution in [0, 0.1) is 0 Å². The molecule has 0 radical (unpaired) electrons. The smallest absolute Gasteiger partial charge is 0.323 e. The fourth-order valence-electron chi connectivity index (χ4n) is 1.93. The van der Waals surface area contributed by atoms with Crippen LogP contribution in [0.2, 0.25) is 0 Å². The van der Waals surface area contributed by atoms with Crippen LogP contribution in [0.15, 0.2) is 54.6 Å². The number of anilines is 1. The molecule has 0 bridgehead atoms. The molecule has 0 saturated carbocycles. The third kappa shape index (κ3) is 3.23. The molecular formula is C16H15NO3. The van der Waals surface area contributed by atoms with E-state index in [0.717, 1.165) is 0 Å². The maximum absolute atomic E-state index is 12.3. The van der Waals surface area contributed by atoms with Gasteiger partial charge in [0, 0.05) is 23.9 Å². The van der Waals surface area contributed by atoms with E-state index < -0.39 is 5.97 Å². The Bertz CT molecular complexity index is 623. The second-order valence-corrected chi connectivity index (χ2v) is 4.50. The number of benzene rings is 2. The van der Waals surface area contributed by atoms with Crippen molar-refractivity contribution in [1.82, 2.24) is 0 Å². The number of carboxylic acids is 1. The summed E-state index contributed by atoms with van der Waals surface area (Å²) in [5, 5.41) is 8.79. The Morgan fingerprint density at radius 2 is 1.65 bits per heavy atom. The molecule has 0 unspecified atom stereocenters. The topological polar surface area (TPSA) is 57.6 Å². The molecule has 0 saturated heterocycles. The lowest BCUT2D eigenvalue weighted by Crippen LogP contribution is -2.25. The van der Waals surface area contributed by atoms with Crippen LogP contribution in [0.1, 0.15) is 15.9 Å². The predicted octanol–water partition coefficient (Wildman–Crippen LogP) is 2.44. The number of carbonyl (C=O) groups is 2. The van der Waals surface area contributed by atoms with E-state index >= 15 is 0 Å². The molecule has 0 aliphatic carbocycles. The lowest BCUT2D eigenvalue weighted by atomic mass is 10.0. The van der Waals surface area contributed by atoms with Crippen molar-refractivity contribution in [3.63, 3.8) is 0 Å². The second kappa shape index (κ2) is 6.02. The fraction of sp³-hybridized carbons (Fsp3) is 0.125. The number of hydrogen-bond acceptors (Lipinski definition) is 3. The molecule has 20 heavy (non-hydrogen) atoms. The average molecular weight is 269 g/mol. The maximum Gasteiger partial charge on any atom is 0.323 e. The highest BCUT2D eigenvalue weighted by molar-refractivity contribution is 6.09. The molecule has 0 aliphatic heterocycles. The van der Waals surface area contributed by atoms with E-state index in [9.17, 15) is 9.59 Å².